The third-order valence-electron chi connectivity index (χ3n) is 0.396. The number of nitrogens with two attached hydrogens (primary N) is 1. The summed E-state index contributed by atoms with van der Waals surface area (Å²) in [7, 11) is -5.85. The Kier molecular flexibility index (Phi) is 13.2. The summed E-state index contributed by atoms with van der Waals surface area (Å²) in [5.74, 6) is 0. The highest BCUT2D eigenvalue weighted by molar-refractivity contribution is 7.46. The van der Waals surface area contributed by atoms with Crippen molar-refractivity contribution in [2.45, 2.75) is 0 Å². The van der Waals surface area contributed by atoms with Gasteiger partial charge in [-0.2, -0.15) is 0 Å². The molecule has 0 radical (unpaired) electrons. The van der Waals surface area contributed by atoms with Crippen molar-refractivity contribution in [2.75, 3.05) is 13.1 Å². The SMILES string of the molecule is NCCNO.O=[P+](O)O[P+](=O)O. The van der Waals surface area contributed by atoms with Crippen LogP contribution < -0.4 is 11.2 Å². The second-order valence-corrected chi connectivity index (χ2v) is 2.86. The fraction of sp³-hybridized carbons (Fsp3) is 1.00. The fourth-order valence-electron chi connectivity index (χ4n) is 0.124. The summed E-state index contributed by atoms with van der Waals surface area (Å²) in [4.78, 5) is 15.3. The molecule has 0 spiro atoms. The van der Waals surface area contributed by atoms with Crippen LogP contribution in [0, 0.1) is 0 Å². The maximum absolute atomic E-state index is 9.39. The quantitative estimate of drug-likeness (QED) is 0.307. The van der Waals surface area contributed by atoms with Crippen LogP contribution in [0.3, 0.4) is 0 Å². The van der Waals surface area contributed by atoms with E-state index in [9.17, 15) is 9.13 Å². The first kappa shape index (κ1) is 14.5. The molecule has 10 heteroatoms. The van der Waals surface area contributed by atoms with Gasteiger partial charge in [0.2, 0.25) is 0 Å². The molecule has 0 rings (SSSR count). The van der Waals surface area contributed by atoms with Gasteiger partial charge < -0.3 is 10.9 Å². The molecule has 0 aromatic carbocycles. The highest BCUT2D eigenvalue weighted by atomic mass is 31.2. The van der Waals surface area contributed by atoms with E-state index >= 15 is 0 Å². The van der Waals surface area contributed by atoms with Crippen LogP contribution in [0.15, 0.2) is 0 Å². The van der Waals surface area contributed by atoms with Crippen LogP contribution in [-0.4, -0.2) is 28.1 Å². The number of rotatable bonds is 4. The van der Waals surface area contributed by atoms with Crippen LogP contribution in [0.25, 0.3) is 0 Å². The van der Waals surface area contributed by atoms with E-state index in [-0.39, 0.29) is 0 Å². The fourth-order valence-corrected chi connectivity index (χ4v) is 0.602. The van der Waals surface area contributed by atoms with E-state index in [4.69, 9.17) is 20.7 Å². The molecule has 2 atom stereocenters. The lowest BCUT2D eigenvalue weighted by Crippen LogP contribution is -2.17. The average Bonchev–Trinajstić information content (AvgIpc) is 1.87. The zero-order chi connectivity index (χ0) is 9.98. The Bertz CT molecular complexity index is 128. The lowest BCUT2D eigenvalue weighted by atomic mass is 10.7. The normalized spacial score (nSPS) is 11.3. The van der Waals surface area contributed by atoms with Gasteiger partial charge in [-0.15, -0.1) is 9.79 Å². The van der Waals surface area contributed by atoms with Crippen LogP contribution >= 0.6 is 16.5 Å². The number of hydrogen-bond donors (Lipinski definition) is 5. The largest absolute Gasteiger partial charge is 0.745 e. The molecular formula is C2H10N2O6P2+2. The first-order chi connectivity index (χ1) is 5.54. The van der Waals surface area contributed by atoms with Gasteiger partial charge in [-0.1, -0.05) is 0 Å². The van der Waals surface area contributed by atoms with Gasteiger partial charge in [-0.25, -0.2) is 5.48 Å². The maximum Gasteiger partial charge on any atom is 0.745 e. The summed E-state index contributed by atoms with van der Waals surface area (Å²) in [6.07, 6.45) is 0. The topological polar surface area (TPSA) is 142 Å². The Labute approximate surface area is 70.2 Å². The molecule has 0 bridgehead atoms. The Balaban J connectivity index is 0. The smallest absolute Gasteiger partial charge is 0.329 e. The Hall–Kier alpha value is -0.0400. The van der Waals surface area contributed by atoms with Crippen molar-refractivity contribution in [3.63, 3.8) is 0 Å². The van der Waals surface area contributed by atoms with Crippen molar-refractivity contribution in [3.8, 4) is 0 Å². The van der Waals surface area contributed by atoms with Crippen molar-refractivity contribution >= 4 is 16.5 Å². The van der Waals surface area contributed by atoms with Crippen LogP contribution in [0.1, 0.15) is 0 Å². The van der Waals surface area contributed by atoms with Gasteiger partial charge in [-0.05, 0) is 0 Å². The maximum atomic E-state index is 9.39. The zero-order valence-corrected chi connectivity index (χ0v) is 7.74. The van der Waals surface area contributed by atoms with Crippen molar-refractivity contribution in [1.82, 2.24) is 5.48 Å². The summed E-state index contributed by atoms with van der Waals surface area (Å²) in [5, 5.41) is 7.74. The van der Waals surface area contributed by atoms with Gasteiger partial charge >= 0.3 is 16.5 Å². The van der Waals surface area contributed by atoms with E-state index < -0.39 is 16.5 Å². The van der Waals surface area contributed by atoms with Crippen LogP contribution in [0.5, 0.6) is 0 Å². The Morgan fingerprint density at radius 3 is 1.75 bits per heavy atom. The molecular weight excluding hydrogens is 210 g/mol. The van der Waals surface area contributed by atoms with Crippen LogP contribution in [0.4, 0.5) is 0 Å². The van der Waals surface area contributed by atoms with Crippen LogP contribution in [0.2, 0.25) is 0 Å². The molecule has 0 aliphatic carbocycles. The average molecular weight is 220 g/mol. The summed E-state index contributed by atoms with van der Waals surface area (Å²) >= 11 is 0. The minimum Gasteiger partial charge on any atom is -0.329 e. The second kappa shape index (κ2) is 11.0. The second-order valence-electron chi connectivity index (χ2n) is 1.25. The molecule has 0 heterocycles. The minimum absolute atomic E-state index is 0.472. The highest BCUT2D eigenvalue weighted by Gasteiger charge is 2.31. The highest BCUT2D eigenvalue weighted by Crippen LogP contribution is 2.30. The van der Waals surface area contributed by atoms with Gasteiger partial charge in [0.05, 0.1) is 0 Å². The van der Waals surface area contributed by atoms with Gasteiger partial charge in [-0.3, -0.25) is 0 Å². The Morgan fingerprint density at radius 1 is 1.33 bits per heavy atom. The first-order valence-corrected chi connectivity index (χ1v) is 4.88. The van der Waals surface area contributed by atoms with Crippen LogP contribution in [-0.2, 0) is 13.4 Å². The third kappa shape index (κ3) is 22.5. The van der Waals surface area contributed by atoms with Crippen molar-refractivity contribution < 1.29 is 28.4 Å². The lowest BCUT2D eigenvalue weighted by molar-refractivity contribution is 0.170. The molecule has 2 unspecified atom stereocenters. The number of hydroxylamine groups is 1. The first-order valence-electron chi connectivity index (χ1n) is 2.62. The van der Waals surface area contributed by atoms with E-state index in [1.54, 1.807) is 0 Å². The summed E-state index contributed by atoms with van der Waals surface area (Å²) < 4.78 is 22.2. The van der Waals surface area contributed by atoms with Crippen molar-refractivity contribution in [3.05, 3.63) is 0 Å². The molecule has 0 aromatic heterocycles. The van der Waals surface area contributed by atoms with Gasteiger partial charge in [0, 0.05) is 22.2 Å². The summed E-state index contributed by atoms with van der Waals surface area (Å²) in [6, 6.07) is 0. The number of hydrogen-bond acceptors (Lipinski definition) is 6. The van der Waals surface area contributed by atoms with E-state index in [0.29, 0.717) is 13.1 Å². The van der Waals surface area contributed by atoms with E-state index in [1.165, 1.54) is 0 Å². The molecule has 0 fully saturated rings. The molecule has 0 aliphatic heterocycles. The standard InChI is InChI=1S/C2H8N2O.O5P2/c3-1-2-4-5;1-6(2)5-7(3)4/h4-5H,1-3H2;/p+2. The van der Waals surface area contributed by atoms with E-state index in [0.717, 1.165) is 0 Å². The van der Waals surface area contributed by atoms with E-state index in [1.807, 2.05) is 5.48 Å². The summed E-state index contributed by atoms with van der Waals surface area (Å²) in [6.45, 7) is 0.955. The number of nitrogens with one attached hydrogen (secondary N) is 1. The minimum atomic E-state index is -2.92. The van der Waals surface area contributed by atoms with Gasteiger partial charge in [0.25, 0.3) is 0 Å². The summed E-state index contributed by atoms with van der Waals surface area (Å²) in [5.41, 5.74) is 6.81. The molecule has 12 heavy (non-hydrogen) atoms. The predicted octanol–water partition coefficient (Wildman–Crippen LogP) is -0.774. The van der Waals surface area contributed by atoms with Crippen molar-refractivity contribution in [2.24, 2.45) is 5.73 Å². The van der Waals surface area contributed by atoms with Gasteiger partial charge in [0.1, 0.15) is 0 Å². The van der Waals surface area contributed by atoms with E-state index in [2.05, 4.69) is 4.31 Å². The molecule has 8 nitrogen and oxygen atoms in total. The molecule has 0 amide bonds. The molecule has 0 aromatic rings. The molecule has 0 saturated heterocycles. The lowest BCUT2D eigenvalue weighted by Gasteiger charge is -1.84. The molecule has 0 aliphatic rings. The monoisotopic (exact) mass is 220 g/mol. The third-order valence-corrected chi connectivity index (χ3v) is 1.51. The molecule has 6 N–H and O–H groups in total. The zero-order valence-electron chi connectivity index (χ0n) is 5.95. The predicted molar refractivity (Wildman–Crippen MR) is 39.6 cm³/mol. The molecule has 0 saturated carbocycles. The van der Waals surface area contributed by atoms with Crippen molar-refractivity contribution in [1.29, 1.82) is 0 Å². The Morgan fingerprint density at radius 2 is 1.75 bits per heavy atom. The van der Waals surface area contributed by atoms with Gasteiger partial charge in [0.15, 0.2) is 4.31 Å². The molecule has 72 valence electrons.